The molecule has 0 amide bonds. The summed E-state index contributed by atoms with van der Waals surface area (Å²) in [6.07, 6.45) is 0. The van der Waals surface area contributed by atoms with Crippen LogP contribution >= 0.6 is 0 Å². The van der Waals surface area contributed by atoms with Crippen LogP contribution in [0.2, 0.25) is 0 Å². The van der Waals surface area contributed by atoms with Gasteiger partial charge in [0, 0.05) is 0 Å². The molecule has 0 aliphatic rings. The van der Waals surface area contributed by atoms with E-state index in [0.717, 1.165) is 5.46 Å². The van der Waals surface area contributed by atoms with Gasteiger partial charge in [-0.1, -0.05) is 11.5 Å². The SMILES string of the molecule is Bc1ccc(C(C)=O)c(O)c1. The Bertz CT molecular complexity index is 294. The zero-order valence-electron chi connectivity index (χ0n) is 6.59. The largest absolute Gasteiger partial charge is 0.507 e. The summed E-state index contributed by atoms with van der Waals surface area (Å²) in [5, 5.41) is 9.24. The second kappa shape index (κ2) is 2.78. The Morgan fingerprint density at radius 2 is 2.18 bits per heavy atom. The molecule has 0 atom stereocenters. The second-order valence-electron chi connectivity index (χ2n) is 2.58. The molecule has 0 aliphatic heterocycles. The summed E-state index contributed by atoms with van der Waals surface area (Å²) in [5.74, 6) is -0.0417. The van der Waals surface area contributed by atoms with Crippen LogP contribution < -0.4 is 5.46 Å². The average Bonchev–Trinajstić information content (AvgIpc) is 1.85. The van der Waals surface area contributed by atoms with Gasteiger partial charge in [0.2, 0.25) is 0 Å². The first-order chi connectivity index (χ1) is 5.11. The number of carbonyl (C=O) groups excluding carboxylic acids is 1. The minimum Gasteiger partial charge on any atom is -0.507 e. The number of rotatable bonds is 1. The van der Waals surface area contributed by atoms with Crippen molar-refractivity contribution >= 4 is 19.1 Å². The predicted molar refractivity (Wildman–Crippen MR) is 46.3 cm³/mol. The van der Waals surface area contributed by atoms with E-state index in [9.17, 15) is 9.90 Å². The number of ketones is 1. The number of aromatic hydroxyl groups is 1. The van der Waals surface area contributed by atoms with Gasteiger partial charge in [-0.15, -0.1) is 0 Å². The molecule has 0 saturated heterocycles. The zero-order chi connectivity index (χ0) is 8.43. The van der Waals surface area contributed by atoms with E-state index in [2.05, 4.69) is 0 Å². The molecule has 0 aliphatic carbocycles. The highest BCUT2D eigenvalue weighted by atomic mass is 16.3. The maximum absolute atomic E-state index is 10.8. The number of carbonyl (C=O) groups is 1. The lowest BCUT2D eigenvalue weighted by atomic mass is 9.94. The summed E-state index contributed by atoms with van der Waals surface area (Å²) < 4.78 is 0. The highest BCUT2D eigenvalue weighted by Gasteiger charge is 2.04. The highest BCUT2D eigenvalue weighted by Crippen LogP contribution is 2.13. The fourth-order valence-electron chi connectivity index (χ4n) is 0.939. The molecule has 0 fully saturated rings. The van der Waals surface area contributed by atoms with Crippen LogP contribution in [0.15, 0.2) is 18.2 Å². The van der Waals surface area contributed by atoms with Crippen LogP contribution in [0.5, 0.6) is 5.75 Å². The molecule has 1 N–H and O–H groups in total. The smallest absolute Gasteiger partial charge is 0.163 e. The summed E-state index contributed by atoms with van der Waals surface area (Å²) >= 11 is 0. The third-order valence-corrected chi connectivity index (χ3v) is 1.53. The summed E-state index contributed by atoms with van der Waals surface area (Å²) in [6.45, 7) is 1.43. The Morgan fingerprint density at radius 1 is 1.55 bits per heavy atom. The van der Waals surface area contributed by atoms with Gasteiger partial charge >= 0.3 is 0 Å². The Hall–Kier alpha value is -1.25. The van der Waals surface area contributed by atoms with E-state index in [1.807, 2.05) is 7.85 Å². The molecule has 1 rings (SSSR count). The maximum Gasteiger partial charge on any atom is 0.163 e. The summed E-state index contributed by atoms with van der Waals surface area (Å²) in [7, 11) is 1.86. The molecule has 0 spiro atoms. The van der Waals surface area contributed by atoms with Crippen molar-refractivity contribution < 1.29 is 9.90 Å². The van der Waals surface area contributed by atoms with E-state index < -0.39 is 0 Å². The van der Waals surface area contributed by atoms with Crippen molar-refractivity contribution in [2.24, 2.45) is 0 Å². The van der Waals surface area contributed by atoms with Crippen LogP contribution in [-0.4, -0.2) is 18.7 Å². The molecule has 3 heteroatoms. The maximum atomic E-state index is 10.8. The van der Waals surface area contributed by atoms with Gasteiger partial charge in [0.15, 0.2) is 5.78 Å². The van der Waals surface area contributed by atoms with Crippen LogP contribution in [0.3, 0.4) is 0 Å². The molecule has 56 valence electrons. The Morgan fingerprint density at radius 3 is 2.64 bits per heavy atom. The van der Waals surface area contributed by atoms with Gasteiger partial charge in [-0.25, -0.2) is 0 Å². The lowest BCUT2D eigenvalue weighted by Gasteiger charge is -2.00. The van der Waals surface area contributed by atoms with E-state index in [1.165, 1.54) is 6.92 Å². The molecule has 11 heavy (non-hydrogen) atoms. The molecule has 1 aromatic carbocycles. The lowest BCUT2D eigenvalue weighted by molar-refractivity contribution is 0.101. The molecule has 0 unspecified atom stereocenters. The van der Waals surface area contributed by atoms with Gasteiger partial charge < -0.3 is 5.11 Å². The Labute approximate surface area is 66.3 Å². The van der Waals surface area contributed by atoms with Gasteiger partial charge in [0.05, 0.1) is 5.56 Å². The van der Waals surface area contributed by atoms with Crippen LogP contribution in [0.1, 0.15) is 17.3 Å². The standard InChI is InChI=1S/C8H9BO2/c1-5(10)7-3-2-6(9)4-8(7)11/h2-4,11H,9H2,1H3. The topological polar surface area (TPSA) is 37.3 Å². The minimum atomic E-state index is -0.109. The zero-order valence-corrected chi connectivity index (χ0v) is 6.59. The first-order valence-electron chi connectivity index (χ1n) is 3.42. The molecular weight excluding hydrogens is 139 g/mol. The molecule has 0 bridgehead atoms. The average molecular weight is 148 g/mol. The third kappa shape index (κ3) is 1.61. The summed E-state index contributed by atoms with van der Waals surface area (Å²) in [5.41, 5.74) is 1.34. The van der Waals surface area contributed by atoms with E-state index in [0.29, 0.717) is 5.56 Å². The number of hydrogen-bond donors (Lipinski definition) is 1. The summed E-state index contributed by atoms with van der Waals surface area (Å²) in [4.78, 5) is 10.8. The van der Waals surface area contributed by atoms with Crippen molar-refractivity contribution in [1.82, 2.24) is 0 Å². The molecule has 0 radical (unpaired) electrons. The highest BCUT2D eigenvalue weighted by molar-refractivity contribution is 6.32. The van der Waals surface area contributed by atoms with Crippen molar-refractivity contribution in [3.63, 3.8) is 0 Å². The van der Waals surface area contributed by atoms with E-state index in [4.69, 9.17) is 0 Å². The van der Waals surface area contributed by atoms with E-state index in [1.54, 1.807) is 18.2 Å². The number of benzene rings is 1. The van der Waals surface area contributed by atoms with E-state index >= 15 is 0 Å². The van der Waals surface area contributed by atoms with Crippen molar-refractivity contribution in [3.8, 4) is 5.75 Å². The molecular formula is C8H9BO2. The predicted octanol–water partition coefficient (Wildman–Crippen LogP) is -0.147. The van der Waals surface area contributed by atoms with Crippen molar-refractivity contribution in [1.29, 1.82) is 0 Å². The van der Waals surface area contributed by atoms with Gasteiger partial charge in [0.25, 0.3) is 0 Å². The first-order valence-corrected chi connectivity index (χ1v) is 3.42. The molecule has 0 heterocycles. The fourth-order valence-corrected chi connectivity index (χ4v) is 0.939. The van der Waals surface area contributed by atoms with Gasteiger partial charge in [0.1, 0.15) is 13.6 Å². The lowest BCUT2D eigenvalue weighted by Crippen LogP contribution is -2.03. The van der Waals surface area contributed by atoms with Crippen molar-refractivity contribution in [2.45, 2.75) is 6.92 Å². The monoisotopic (exact) mass is 148 g/mol. The van der Waals surface area contributed by atoms with Gasteiger partial charge in [-0.2, -0.15) is 0 Å². The molecule has 2 nitrogen and oxygen atoms in total. The molecule has 1 aromatic rings. The van der Waals surface area contributed by atoms with Gasteiger partial charge in [-0.3, -0.25) is 4.79 Å². The van der Waals surface area contributed by atoms with Crippen molar-refractivity contribution in [2.75, 3.05) is 0 Å². The summed E-state index contributed by atoms with van der Waals surface area (Å²) in [6, 6.07) is 5.01. The van der Waals surface area contributed by atoms with Crippen molar-refractivity contribution in [3.05, 3.63) is 23.8 Å². The number of Topliss-reactive ketones (excluding diaryl/α,β-unsaturated/α-hetero) is 1. The third-order valence-electron chi connectivity index (χ3n) is 1.53. The van der Waals surface area contributed by atoms with Gasteiger partial charge in [-0.05, 0) is 19.1 Å². The molecule has 0 aromatic heterocycles. The fraction of sp³-hybridized carbons (Fsp3) is 0.125. The Kier molecular flexibility index (Phi) is 1.99. The van der Waals surface area contributed by atoms with E-state index in [-0.39, 0.29) is 11.5 Å². The number of hydrogen-bond acceptors (Lipinski definition) is 2. The number of phenolic OH excluding ortho intramolecular Hbond substituents is 1. The minimum absolute atomic E-state index is 0.0671. The van der Waals surface area contributed by atoms with Crippen LogP contribution in [0.25, 0.3) is 0 Å². The van der Waals surface area contributed by atoms with Crippen LogP contribution in [-0.2, 0) is 0 Å². The second-order valence-corrected chi connectivity index (χ2v) is 2.58. The normalized spacial score (nSPS) is 9.55. The first kappa shape index (κ1) is 7.86. The quantitative estimate of drug-likeness (QED) is 0.444. The number of phenols is 1. The Balaban J connectivity index is 3.20. The van der Waals surface area contributed by atoms with Crippen LogP contribution in [0, 0.1) is 0 Å². The van der Waals surface area contributed by atoms with Crippen LogP contribution in [0.4, 0.5) is 0 Å². The molecule has 0 saturated carbocycles.